The molecular formula is C18H26O5. The first kappa shape index (κ1) is 17.9. The van der Waals surface area contributed by atoms with Gasteiger partial charge in [-0.05, 0) is 25.3 Å². The summed E-state index contributed by atoms with van der Waals surface area (Å²) in [5.41, 5.74) is 1.18. The molecule has 2 rings (SSSR count). The zero-order chi connectivity index (χ0) is 16.5. The fourth-order valence-corrected chi connectivity index (χ4v) is 2.43. The summed E-state index contributed by atoms with van der Waals surface area (Å²) < 4.78 is 21.8. The Hall–Kier alpha value is -1.43. The summed E-state index contributed by atoms with van der Waals surface area (Å²) >= 11 is 0. The average molecular weight is 322 g/mol. The van der Waals surface area contributed by atoms with Crippen LogP contribution in [0, 0.1) is 5.92 Å². The first-order valence-corrected chi connectivity index (χ1v) is 8.21. The van der Waals surface area contributed by atoms with Crippen molar-refractivity contribution < 1.29 is 23.7 Å². The molecule has 0 aliphatic carbocycles. The molecule has 1 saturated heterocycles. The predicted octanol–water partition coefficient (Wildman–Crippen LogP) is 2.93. The van der Waals surface area contributed by atoms with Crippen molar-refractivity contribution in [2.24, 2.45) is 5.92 Å². The van der Waals surface area contributed by atoms with Crippen LogP contribution in [0.4, 0.5) is 0 Å². The second kappa shape index (κ2) is 9.01. The lowest BCUT2D eigenvalue weighted by Crippen LogP contribution is -2.48. The van der Waals surface area contributed by atoms with Crippen LogP contribution in [0.15, 0.2) is 30.3 Å². The van der Waals surface area contributed by atoms with Gasteiger partial charge in [0.15, 0.2) is 0 Å². The molecule has 0 saturated carbocycles. The molecule has 23 heavy (non-hydrogen) atoms. The third-order valence-electron chi connectivity index (χ3n) is 3.85. The van der Waals surface area contributed by atoms with Gasteiger partial charge in [0.2, 0.25) is 0 Å². The predicted molar refractivity (Wildman–Crippen MR) is 85.8 cm³/mol. The lowest BCUT2D eigenvalue weighted by molar-refractivity contribution is -0.274. The van der Waals surface area contributed by atoms with E-state index >= 15 is 0 Å². The summed E-state index contributed by atoms with van der Waals surface area (Å²) in [4.78, 5) is 11.8. The van der Waals surface area contributed by atoms with Crippen molar-refractivity contribution in [3.8, 4) is 0 Å². The molecule has 0 atom stereocenters. The molecule has 1 fully saturated rings. The second-order valence-electron chi connectivity index (χ2n) is 5.83. The molecule has 0 bridgehead atoms. The quantitative estimate of drug-likeness (QED) is 0.544. The summed E-state index contributed by atoms with van der Waals surface area (Å²) in [5.74, 6) is -1.42. The Morgan fingerprint density at radius 1 is 1.26 bits per heavy atom. The van der Waals surface area contributed by atoms with Crippen LogP contribution < -0.4 is 0 Å². The molecule has 0 N–H and O–H groups in total. The molecule has 0 radical (unpaired) electrons. The molecule has 0 unspecified atom stereocenters. The zero-order valence-electron chi connectivity index (χ0n) is 14.0. The number of hydrogen-bond acceptors (Lipinski definition) is 5. The highest BCUT2D eigenvalue weighted by Gasteiger charge is 2.41. The van der Waals surface area contributed by atoms with Gasteiger partial charge in [-0.15, -0.1) is 0 Å². The van der Waals surface area contributed by atoms with Crippen LogP contribution in [0.1, 0.15) is 32.3 Å². The molecule has 0 aromatic heterocycles. The van der Waals surface area contributed by atoms with Crippen LogP contribution in [-0.4, -0.2) is 38.2 Å². The maximum atomic E-state index is 11.8. The highest BCUT2D eigenvalue weighted by Crippen LogP contribution is 2.25. The smallest absolute Gasteiger partial charge is 0.366 e. The minimum absolute atomic E-state index is 0.290. The van der Waals surface area contributed by atoms with E-state index in [1.807, 2.05) is 18.2 Å². The van der Waals surface area contributed by atoms with Gasteiger partial charge < -0.3 is 18.9 Å². The van der Waals surface area contributed by atoms with E-state index in [4.69, 9.17) is 18.9 Å². The lowest BCUT2D eigenvalue weighted by atomic mass is 10.0. The third kappa shape index (κ3) is 5.61. The average Bonchev–Trinajstić information content (AvgIpc) is 2.57. The summed E-state index contributed by atoms with van der Waals surface area (Å²) in [6, 6.07) is 10.1. The normalized spacial score (nSPS) is 24.3. The minimum Gasteiger partial charge on any atom is -0.462 e. The van der Waals surface area contributed by atoms with Crippen molar-refractivity contribution in [3.63, 3.8) is 0 Å². The van der Waals surface area contributed by atoms with Gasteiger partial charge in [-0.2, -0.15) is 0 Å². The molecule has 0 spiro atoms. The fraction of sp³-hybridized carbons (Fsp3) is 0.611. The molecule has 1 aromatic carbocycles. The van der Waals surface area contributed by atoms with Gasteiger partial charge in [-0.1, -0.05) is 30.3 Å². The van der Waals surface area contributed by atoms with Gasteiger partial charge in [0.05, 0.1) is 26.4 Å². The van der Waals surface area contributed by atoms with Crippen molar-refractivity contribution in [1.29, 1.82) is 0 Å². The molecule has 1 aromatic rings. The van der Waals surface area contributed by atoms with E-state index in [1.165, 1.54) is 5.56 Å². The van der Waals surface area contributed by atoms with E-state index in [1.54, 1.807) is 13.8 Å². The Kier molecular flexibility index (Phi) is 7.02. The van der Waals surface area contributed by atoms with Gasteiger partial charge >= 0.3 is 5.97 Å². The number of rotatable bonds is 8. The van der Waals surface area contributed by atoms with Crippen molar-refractivity contribution in [1.82, 2.24) is 0 Å². The molecule has 128 valence electrons. The van der Waals surface area contributed by atoms with Crippen LogP contribution in [0.3, 0.4) is 0 Å². The largest absolute Gasteiger partial charge is 0.462 e. The van der Waals surface area contributed by atoms with E-state index in [9.17, 15) is 4.79 Å². The molecular weight excluding hydrogens is 296 g/mol. The summed E-state index contributed by atoms with van der Waals surface area (Å²) in [6.45, 7) is 6.07. The van der Waals surface area contributed by atoms with E-state index < -0.39 is 11.8 Å². The Morgan fingerprint density at radius 3 is 2.61 bits per heavy atom. The number of esters is 1. The van der Waals surface area contributed by atoms with Crippen molar-refractivity contribution in [2.45, 2.75) is 39.1 Å². The zero-order valence-corrected chi connectivity index (χ0v) is 14.0. The first-order valence-electron chi connectivity index (χ1n) is 8.21. The van der Waals surface area contributed by atoms with E-state index in [0.29, 0.717) is 33.0 Å². The first-order chi connectivity index (χ1) is 11.1. The minimum atomic E-state index is -1.25. The van der Waals surface area contributed by atoms with E-state index in [-0.39, 0.29) is 5.92 Å². The molecule has 1 aliphatic heterocycles. The number of carbonyl (C=O) groups excluding carboxylic acids is 1. The van der Waals surface area contributed by atoms with Gasteiger partial charge in [0, 0.05) is 19.4 Å². The summed E-state index contributed by atoms with van der Waals surface area (Å²) in [7, 11) is 0. The summed E-state index contributed by atoms with van der Waals surface area (Å²) in [5, 5.41) is 0. The van der Waals surface area contributed by atoms with Crippen LogP contribution in [0.5, 0.6) is 0 Å². The molecule has 5 nitrogen and oxygen atoms in total. The Morgan fingerprint density at radius 2 is 1.96 bits per heavy atom. The van der Waals surface area contributed by atoms with Crippen LogP contribution in [0.2, 0.25) is 0 Å². The van der Waals surface area contributed by atoms with Gasteiger partial charge in [0.25, 0.3) is 5.79 Å². The Balaban J connectivity index is 1.59. The maximum Gasteiger partial charge on any atom is 0.366 e. The third-order valence-corrected chi connectivity index (χ3v) is 3.85. The van der Waals surface area contributed by atoms with Crippen LogP contribution in [-0.2, 0) is 30.3 Å². The number of ether oxygens (including phenoxy) is 4. The lowest BCUT2D eigenvalue weighted by Gasteiger charge is -2.35. The van der Waals surface area contributed by atoms with Gasteiger partial charge in [0.1, 0.15) is 0 Å². The fourth-order valence-electron chi connectivity index (χ4n) is 2.43. The molecule has 5 heteroatoms. The second-order valence-corrected chi connectivity index (χ2v) is 5.83. The molecule has 1 heterocycles. The molecule has 1 aliphatic rings. The number of hydrogen-bond donors (Lipinski definition) is 0. The van der Waals surface area contributed by atoms with Crippen molar-refractivity contribution in [3.05, 3.63) is 35.9 Å². The van der Waals surface area contributed by atoms with Crippen molar-refractivity contribution >= 4 is 5.97 Å². The van der Waals surface area contributed by atoms with E-state index in [0.717, 1.165) is 12.8 Å². The van der Waals surface area contributed by atoms with Crippen molar-refractivity contribution in [2.75, 3.05) is 26.4 Å². The van der Waals surface area contributed by atoms with Gasteiger partial charge in [-0.3, -0.25) is 0 Å². The van der Waals surface area contributed by atoms with Gasteiger partial charge in [-0.25, -0.2) is 4.79 Å². The van der Waals surface area contributed by atoms with E-state index in [2.05, 4.69) is 12.1 Å². The number of carbonyl (C=O) groups is 1. The highest BCUT2D eigenvalue weighted by atomic mass is 16.7. The topological polar surface area (TPSA) is 54.0 Å². The monoisotopic (exact) mass is 322 g/mol. The standard InChI is InChI=1S/C18H26O5/c1-3-21-17(19)18(2)22-13-16(14-23-18)10-7-11-20-12-15-8-5-4-6-9-15/h4-6,8-9,16H,3,7,10-14H2,1-2H3/t16-,18+. The van der Waals surface area contributed by atoms with Crippen LogP contribution >= 0.6 is 0 Å². The highest BCUT2D eigenvalue weighted by molar-refractivity contribution is 5.77. The summed E-state index contributed by atoms with van der Waals surface area (Å²) in [6.07, 6.45) is 1.90. The number of benzene rings is 1. The SMILES string of the molecule is CCOC(=O)[C@]1(C)OC[C@H](CCCOCc2ccccc2)CO1. The van der Waals surface area contributed by atoms with Crippen LogP contribution in [0.25, 0.3) is 0 Å². The Labute approximate surface area is 137 Å². The maximum absolute atomic E-state index is 11.8. The Bertz CT molecular complexity index is 466. The molecule has 0 amide bonds.